The number of ether oxygens (including phenoxy) is 2. The van der Waals surface area contributed by atoms with E-state index in [2.05, 4.69) is 58.5 Å². The second-order valence-corrected chi connectivity index (χ2v) is 14.6. The van der Waals surface area contributed by atoms with Crippen LogP contribution in [-0.2, 0) is 16.0 Å². The monoisotopic (exact) mass is 650 g/mol. The number of benzene rings is 3. The van der Waals surface area contributed by atoms with Crippen LogP contribution in [0.15, 0.2) is 60.8 Å². The van der Waals surface area contributed by atoms with Gasteiger partial charge < -0.3 is 24.3 Å². The number of imidazole rings is 2. The van der Waals surface area contributed by atoms with Crippen molar-refractivity contribution in [2.45, 2.75) is 91.5 Å². The molecule has 2 N–H and O–H groups in total. The third-order valence-corrected chi connectivity index (χ3v) is 8.28. The first-order chi connectivity index (χ1) is 22.8. The molecule has 2 aromatic heterocycles. The van der Waals surface area contributed by atoms with E-state index < -0.39 is 11.2 Å². The van der Waals surface area contributed by atoms with Gasteiger partial charge in [-0.1, -0.05) is 37.3 Å². The van der Waals surface area contributed by atoms with Crippen LogP contribution in [0.3, 0.4) is 0 Å². The first-order valence-corrected chi connectivity index (χ1v) is 16.8. The van der Waals surface area contributed by atoms with Crippen molar-refractivity contribution in [3.63, 3.8) is 0 Å². The maximum atomic E-state index is 12.8. The Hall–Kier alpha value is -4.86. The number of hydrogen-bond acceptors (Lipinski definition) is 6. The van der Waals surface area contributed by atoms with Gasteiger partial charge in [-0.05, 0) is 107 Å². The average molecular weight is 651 g/mol. The lowest BCUT2D eigenvalue weighted by atomic mass is 9.99. The Morgan fingerprint density at radius 3 is 2.27 bits per heavy atom. The zero-order valence-electron chi connectivity index (χ0n) is 29.0. The van der Waals surface area contributed by atoms with Crippen molar-refractivity contribution in [1.82, 2.24) is 29.7 Å². The van der Waals surface area contributed by atoms with Crippen LogP contribution < -0.4 is 0 Å². The molecule has 1 atom stereocenters. The predicted molar refractivity (Wildman–Crippen MR) is 188 cm³/mol. The fourth-order valence-corrected chi connectivity index (χ4v) is 6.16. The number of H-pyrrole nitrogens is 2. The molecule has 2 amide bonds. The first kappa shape index (κ1) is 33.1. The predicted octanol–water partition coefficient (Wildman–Crippen LogP) is 8.99. The Morgan fingerprint density at radius 2 is 1.56 bits per heavy atom. The van der Waals surface area contributed by atoms with Crippen LogP contribution >= 0.6 is 0 Å². The van der Waals surface area contributed by atoms with E-state index in [-0.39, 0.29) is 18.2 Å². The highest BCUT2D eigenvalue weighted by Gasteiger charge is 2.35. The van der Waals surface area contributed by atoms with Crippen LogP contribution in [0.2, 0.25) is 0 Å². The average Bonchev–Trinajstić information content (AvgIpc) is 3.78. The first-order valence-electron chi connectivity index (χ1n) is 16.8. The van der Waals surface area contributed by atoms with Gasteiger partial charge in [0.2, 0.25) is 0 Å². The minimum Gasteiger partial charge on any atom is -0.444 e. The normalized spacial score (nSPS) is 15.3. The Morgan fingerprint density at radius 1 is 0.896 bits per heavy atom. The lowest BCUT2D eigenvalue weighted by Crippen LogP contribution is -2.37. The summed E-state index contributed by atoms with van der Waals surface area (Å²) >= 11 is 0. The minimum absolute atomic E-state index is 0.125. The molecule has 6 rings (SSSR count). The molecular formula is C38H46N6O4. The van der Waals surface area contributed by atoms with Gasteiger partial charge in [-0.25, -0.2) is 19.6 Å². The third-order valence-electron chi connectivity index (χ3n) is 8.28. The molecule has 0 spiro atoms. The number of nitrogens with one attached hydrogen (secondary N) is 2. The number of hydrogen-bond donors (Lipinski definition) is 2. The van der Waals surface area contributed by atoms with Gasteiger partial charge in [0.1, 0.15) is 22.9 Å². The number of carbonyl (C=O) groups is 2. The van der Waals surface area contributed by atoms with E-state index >= 15 is 0 Å². The second kappa shape index (κ2) is 13.0. The van der Waals surface area contributed by atoms with Crippen molar-refractivity contribution in [3.8, 4) is 22.4 Å². The number of aromatic amines is 2. The van der Waals surface area contributed by atoms with Crippen LogP contribution in [0.1, 0.15) is 85.4 Å². The number of fused-ring (bicyclic) bond motifs is 2. The number of likely N-dealkylation sites (tertiary alicyclic amines) is 1. The van der Waals surface area contributed by atoms with Gasteiger partial charge in [0.15, 0.2) is 0 Å². The van der Waals surface area contributed by atoms with Crippen LogP contribution in [0.4, 0.5) is 9.59 Å². The number of amides is 2. The topological polar surface area (TPSA) is 116 Å². The molecule has 0 radical (unpaired) electrons. The fourth-order valence-electron chi connectivity index (χ4n) is 6.16. The third kappa shape index (κ3) is 7.48. The number of rotatable bonds is 7. The van der Waals surface area contributed by atoms with Crippen LogP contribution in [0.5, 0.6) is 0 Å². The number of nitrogens with zero attached hydrogens (tertiary/aromatic N) is 4. The van der Waals surface area contributed by atoms with Crippen molar-refractivity contribution in [1.29, 1.82) is 0 Å². The summed E-state index contributed by atoms with van der Waals surface area (Å²) in [6, 6.07) is 18.9. The Kier molecular flexibility index (Phi) is 8.94. The van der Waals surface area contributed by atoms with Gasteiger partial charge in [0.25, 0.3) is 0 Å². The number of aromatic nitrogens is 4. The van der Waals surface area contributed by atoms with Crippen molar-refractivity contribution < 1.29 is 19.1 Å². The van der Waals surface area contributed by atoms with Crippen molar-refractivity contribution in [2.75, 3.05) is 13.1 Å². The molecular weight excluding hydrogens is 604 g/mol. The second-order valence-electron chi connectivity index (χ2n) is 14.6. The molecule has 1 aliphatic heterocycles. The summed E-state index contributed by atoms with van der Waals surface area (Å²) in [5, 5.41) is 2.23. The molecule has 48 heavy (non-hydrogen) atoms. The van der Waals surface area contributed by atoms with Crippen molar-refractivity contribution in [2.24, 2.45) is 0 Å². The molecule has 0 bridgehead atoms. The van der Waals surface area contributed by atoms with E-state index in [0.717, 1.165) is 75.1 Å². The summed E-state index contributed by atoms with van der Waals surface area (Å²) in [4.78, 5) is 45.5. The maximum Gasteiger partial charge on any atom is 0.410 e. The molecule has 5 aromatic rings. The highest BCUT2D eigenvalue weighted by Crippen LogP contribution is 2.34. The van der Waals surface area contributed by atoms with Gasteiger partial charge in [-0.15, -0.1) is 0 Å². The zero-order chi connectivity index (χ0) is 34.2. The lowest BCUT2D eigenvalue weighted by molar-refractivity contribution is 0.0212. The van der Waals surface area contributed by atoms with E-state index in [4.69, 9.17) is 19.4 Å². The molecule has 0 aliphatic carbocycles. The van der Waals surface area contributed by atoms with Crippen LogP contribution in [-0.4, -0.2) is 66.2 Å². The quantitative estimate of drug-likeness (QED) is 0.182. The summed E-state index contributed by atoms with van der Waals surface area (Å²) in [6.45, 7) is 14.9. The summed E-state index contributed by atoms with van der Waals surface area (Å²) in [7, 11) is 0. The van der Waals surface area contributed by atoms with Crippen molar-refractivity contribution >= 4 is 34.0 Å². The summed E-state index contributed by atoms with van der Waals surface area (Å²) < 4.78 is 11.3. The molecule has 252 valence electrons. The van der Waals surface area contributed by atoms with E-state index in [1.54, 1.807) is 9.80 Å². The van der Waals surface area contributed by atoms with Gasteiger partial charge >= 0.3 is 12.2 Å². The highest BCUT2D eigenvalue weighted by atomic mass is 16.6. The van der Waals surface area contributed by atoms with Crippen LogP contribution in [0.25, 0.3) is 44.2 Å². The van der Waals surface area contributed by atoms with E-state index in [1.165, 1.54) is 0 Å². The Bertz CT molecular complexity index is 1950. The van der Waals surface area contributed by atoms with E-state index in [9.17, 15) is 9.59 Å². The maximum absolute atomic E-state index is 12.8. The molecule has 10 nitrogen and oxygen atoms in total. The molecule has 1 aliphatic rings. The van der Waals surface area contributed by atoms with E-state index in [0.29, 0.717) is 19.6 Å². The molecule has 3 heterocycles. The van der Waals surface area contributed by atoms with Gasteiger partial charge in [-0.3, -0.25) is 4.90 Å². The van der Waals surface area contributed by atoms with Crippen LogP contribution in [0, 0.1) is 0 Å². The summed E-state index contributed by atoms with van der Waals surface area (Å²) in [5.41, 5.74) is 4.67. The zero-order valence-corrected chi connectivity index (χ0v) is 29.0. The SMILES string of the molecule is CCCN(Cc1nc2cc(-c3ccc4cc(-c5c[nH]c([C@@H]6CCCN6C(=O)OC(C)(C)C)n5)ccc4c3)ccc2[nH]1)C(=O)OC(C)(C)C. The molecule has 10 heteroatoms. The molecule has 0 saturated carbocycles. The van der Waals surface area contributed by atoms with Gasteiger partial charge in [0, 0.05) is 24.8 Å². The fraction of sp³-hybridized carbons (Fsp3) is 0.421. The molecule has 0 unspecified atom stereocenters. The minimum atomic E-state index is -0.558. The van der Waals surface area contributed by atoms with Gasteiger partial charge in [0.05, 0.1) is 29.3 Å². The smallest absolute Gasteiger partial charge is 0.410 e. The molecule has 1 fully saturated rings. The Balaban J connectivity index is 1.18. The molecule has 1 saturated heterocycles. The largest absolute Gasteiger partial charge is 0.444 e. The summed E-state index contributed by atoms with van der Waals surface area (Å²) in [6.07, 6.45) is 3.87. The van der Waals surface area contributed by atoms with Crippen molar-refractivity contribution in [3.05, 3.63) is 72.4 Å². The Labute approximate surface area is 281 Å². The van der Waals surface area contributed by atoms with Gasteiger partial charge in [-0.2, -0.15) is 0 Å². The summed E-state index contributed by atoms with van der Waals surface area (Å²) in [5.74, 6) is 1.50. The lowest BCUT2D eigenvalue weighted by Gasteiger charge is -2.27. The number of carbonyl (C=O) groups excluding carboxylic acids is 2. The standard InChI is InChI=1S/C38H46N6O4/c1-8-17-43(35(45)47-37(2,3)4)23-33-40-29-16-15-27(21-30(29)41-33)25-11-12-26-20-28(14-13-24(26)19-25)31-22-39-34(42-31)32-10-9-18-44(32)36(46)48-38(5,6)7/h11-16,19-22,32H,8-10,17-18,23H2,1-7H3,(H,39,42)(H,40,41)/t32-/m0/s1. The molecule has 3 aromatic carbocycles. The highest BCUT2D eigenvalue weighted by molar-refractivity contribution is 5.91. The van der Waals surface area contributed by atoms with E-state index in [1.807, 2.05) is 60.7 Å².